The lowest BCUT2D eigenvalue weighted by Gasteiger charge is -2.01. The molecule has 102 valence electrons. The summed E-state index contributed by atoms with van der Waals surface area (Å²) in [6.45, 7) is 0.683. The van der Waals surface area contributed by atoms with Crippen LogP contribution in [0.3, 0.4) is 0 Å². The molecule has 1 aromatic heterocycles. The fraction of sp³-hybridized carbons (Fsp3) is 0.500. The standard InChI is InChI=1S/C5H9N3.C5H9NO4/c6-2-1-5-3-7-4-8-5;6-3(5(9)10)1-2-4(7)8/h3-4H,1-2,6H2,(H,7,8);3H,1-2,6H2,(H,7,8)(H,9,10)/t;3-/m.0/s1. The maximum atomic E-state index is 9.99. The number of nitrogens with two attached hydrogens (primary N) is 2. The van der Waals surface area contributed by atoms with Gasteiger partial charge in [-0.25, -0.2) is 4.98 Å². The number of nitrogens with one attached hydrogen (secondary N) is 1. The Bertz CT molecular complexity index is 353. The Kier molecular flexibility index (Phi) is 8.16. The molecule has 0 spiro atoms. The SMILES string of the molecule is NCCc1cnc[nH]1.N[C@@H](CCC(=O)O)C(=O)O. The number of carbonyl (C=O) groups is 2. The zero-order valence-electron chi connectivity index (χ0n) is 9.87. The van der Waals surface area contributed by atoms with Crippen LogP contribution in [-0.2, 0) is 16.0 Å². The highest BCUT2D eigenvalue weighted by Gasteiger charge is 2.12. The molecule has 0 unspecified atom stereocenters. The number of hydrogen-bond acceptors (Lipinski definition) is 5. The van der Waals surface area contributed by atoms with Crippen LogP contribution >= 0.6 is 0 Å². The quantitative estimate of drug-likeness (QED) is 0.446. The Hall–Kier alpha value is -1.93. The van der Waals surface area contributed by atoms with Crippen molar-refractivity contribution in [3.05, 3.63) is 18.2 Å². The van der Waals surface area contributed by atoms with Gasteiger partial charge in [0.2, 0.25) is 0 Å². The van der Waals surface area contributed by atoms with Gasteiger partial charge in [-0.15, -0.1) is 0 Å². The number of H-pyrrole nitrogens is 1. The van der Waals surface area contributed by atoms with E-state index in [4.69, 9.17) is 21.7 Å². The predicted octanol–water partition coefficient (Wildman–Crippen LogP) is -0.826. The van der Waals surface area contributed by atoms with Crippen LogP contribution in [0.5, 0.6) is 0 Å². The molecule has 1 rings (SSSR count). The summed E-state index contributed by atoms with van der Waals surface area (Å²) < 4.78 is 0. The van der Waals surface area contributed by atoms with Crippen LogP contribution in [0.25, 0.3) is 0 Å². The summed E-state index contributed by atoms with van der Waals surface area (Å²) in [6.07, 6.45) is 4.11. The number of aromatic amines is 1. The summed E-state index contributed by atoms with van der Waals surface area (Å²) in [5, 5.41) is 16.3. The van der Waals surface area contributed by atoms with E-state index in [1.165, 1.54) is 0 Å². The van der Waals surface area contributed by atoms with Crippen LogP contribution in [0.15, 0.2) is 12.5 Å². The van der Waals surface area contributed by atoms with Gasteiger partial charge in [0.15, 0.2) is 0 Å². The molecular weight excluding hydrogens is 240 g/mol. The summed E-state index contributed by atoms with van der Waals surface area (Å²) in [5.41, 5.74) is 11.4. The molecule has 7 N–H and O–H groups in total. The minimum absolute atomic E-state index is 0.0231. The molecule has 1 atom stereocenters. The zero-order valence-corrected chi connectivity index (χ0v) is 9.87. The maximum absolute atomic E-state index is 9.99. The molecule has 0 bridgehead atoms. The first kappa shape index (κ1) is 16.1. The van der Waals surface area contributed by atoms with Crippen molar-refractivity contribution in [2.75, 3.05) is 6.54 Å². The van der Waals surface area contributed by atoms with Crippen LogP contribution in [0.2, 0.25) is 0 Å². The van der Waals surface area contributed by atoms with E-state index in [0.717, 1.165) is 12.1 Å². The fourth-order valence-electron chi connectivity index (χ4n) is 0.979. The maximum Gasteiger partial charge on any atom is 0.320 e. The van der Waals surface area contributed by atoms with Crippen molar-refractivity contribution < 1.29 is 19.8 Å². The van der Waals surface area contributed by atoms with Crippen molar-refractivity contribution >= 4 is 11.9 Å². The highest BCUT2D eigenvalue weighted by atomic mass is 16.4. The Labute approximate surface area is 104 Å². The van der Waals surface area contributed by atoms with Gasteiger partial charge in [-0.1, -0.05) is 0 Å². The van der Waals surface area contributed by atoms with Crippen LogP contribution in [0, 0.1) is 0 Å². The molecule has 0 saturated carbocycles. The summed E-state index contributed by atoms with van der Waals surface area (Å²) in [7, 11) is 0. The average molecular weight is 258 g/mol. The minimum atomic E-state index is -1.17. The first-order chi connectivity index (χ1) is 8.47. The van der Waals surface area contributed by atoms with Gasteiger partial charge in [0.25, 0.3) is 0 Å². The largest absolute Gasteiger partial charge is 0.481 e. The van der Waals surface area contributed by atoms with Gasteiger partial charge in [-0.05, 0) is 13.0 Å². The monoisotopic (exact) mass is 258 g/mol. The third-order valence-electron chi connectivity index (χ3n) is 1.95. The molecule has 8 nitrogen and oxygen atoms in total. The van der Waals surface area contributed by atoms with Crippen molar-refractivity contribution in [1.82, 2.24) is 9.97 Å². The number of carboxylic acids is 2. The van der Waals surface area contributed by atoms with Gasteiger partial charge in [-0.3, -0.25) is 9.59 Å². The Balaban J connectivity index is 0.000000327. The van der Waals surface area contributed by atoms with Crippen molar-refractivity contribution in [1.29, 1.82) is 0 Å². The molecule has 0 aliphatic heterocycles. The number of aliphatic carboxylic acids is 2. The van der Waals surface area contributed by atoms with Crippen molar-refractivity contribution in [3.8, 4) is 0 Å². The second-order valence-electron chi connectivity index (χ2n) is 3.49. The highest BCUT2D eigenvalue weighted by molar-refractivity contribution is 5.74. The van der Waals surface area contributed by atoms with Crippen LogP contribution < -0.4 is 11.5 Å². The summed E-state index contributed by atoms with van der Waals surface area (Å²) in [6, 6.07) is -1.06. The fourth-order valence-corrected chi connectivity index (χ4v) is 0.979. The second kappa shape index (κ2) is 9.14. The van der Waals surface area contributed by atoms with Gasteiger partial charge >= 0.3 is 11.9 Å². The van der Waals surface area contributed by atoms with E-state index in [9.17, 15) is 9.59 Å². The molecule has 1 aromatic rings. The minimum Gasteiger partial charge on any atom is -0.481 e. The number of hydrogen-bond donors (Lipinski definition) is 5. The topological polar surface area (TPSA) is 155 Å². The average Bonchev–Trinajstić information content (AvgIpc) is 2.80. The highest BCUT2D eigenvalue weighted by Crippen LogP contribution is 1.93. The van der Waals surface area contributed by atoms with Crippen LogP contribution in [-0.4, -0.2) is 44.7 Å². The van der Waals surface area contributed by atoms with E-state index in [0.29, 0.717) is 6.54 Å². The van der Waals surface area contributed by atoms with E-state index in [2.05, 4.69) is 9.97 Å². The third kappa shape index (κ3) is 8.25. The summed E-state index contributed by atoms with van der Waals surface area (Å²) >= 11 is 0. The smallest absolute Gasteiger partial charge is 0.320 e. The molecule has 0 amide bonds. The molecule has 0 saturated heterocycles. The zero-order chi connectivity index (χ0) is 14.0. The molecule has 0 fully saturated rings. The second-order valence-corrected chi connectivity index (χ2v) is 3.49. The Morgan fingerprint density at radius 1 is 1.44 bits per heavy atom. The van der Waals surface area contributed by atoms with E-state index in [1.807, 2.05) is 0 Å². The first-order valence-electron chi connectivity index (χ1n) is 5.34. The van der Waals surface area contributed by atoms with Gasteiger partial charge in [-0.2, -0.15) is 0 Å². The number of carboxylic acid groups (broad SMARTS) is 2. The molecule has 0 aromatic carbocycles. The lowest BCUT2D eigenvalue weighted by atomic mass is 10.2. The predicted molar refractivity (Wildman–Crippen MR) is 63.8 cm³/mol. The first-order valence-corrected chi connectivity index (χ1v) is 5.34. The number of aromatic nitrogens is 2. The van der Waals surface area contributed by atoms with E-state index < -0.39 is 18.0 Å². The van der Waals surface area contributed by atoms with Crippen LogP contribution in [0.1, 0.15) is 18.5 Å². The lowest BCUT2D eigenvalue weighted by molar-refractivity contribution is -0.139. The van der Waals surface area contributed by atoms with Gasteiger partial charge in [0, 0.05) is 24.7 Å². The summed E-state index contributed by atoms with van der Waals surface area (Å²) in [5.74, 6) is -2.20. The molecule has 18 heavy (non-hydrogen) atoms. The van der Waals surface area contributed by atoms with Crippen molar-refractivity contribution in [2.24, 2.45) is 11.5 Å². The molecule has 8 heteroatoms. The number of nitrogens with zero attached hydrogens (tertiary/aromatic N) is 1. The van der Waals surface area contributed by atoms with E-state index in [-0.39, 0.29) is 12.8 Å². The number of rotatable bonds is 6. The van der Waals surface area contributed by atoms with E-state index >= 15 is 0 Å². The Morgan fingerprint density at radius 2 is 2.11 bits per heavy atom. The third-order valence-corrected chi connectivity index (χ3v) is 1.95. The van der Waals surface area contributed by atoms with Crippen molar-refractivity contribution in [3.63, 3.8) is 0 Å². The molecule has 0 radical (unpaired) electrons. The number of imidazole rings is 1. The molecule has 1 heterocycles. The van der Waals surface area contributed by atoms with Gasteiger partial charge < -0.3 is 26.7 Å². The summed E-state index contributed by atoms with van der Waals surface area (Å²) in [4.78, 5) is 26.6. The van der Waals surface area contributed by atoms with Gasteiger partial charge in [0.05, 0.1) is 6.33 Å². The molecular formula is C10H18N4O4. The Morgan fingerprint density at radius 3 is 2.50 bits per heavy atom. The van der Waals surface area contributed by atoms with Crippen molar-refractivity contribution in [2.45, 2.75) is 25.3 Å². The van der Waals surface area contributed by atoms with Crippen LogP contribution in [0.4, 0.5) is 0 Å². The molecule has 0 aliphatic rings. The molecule has 0 aliphatic carbocycles. The lowest BCUT2D eigenvalue weighted by Crippen LogP contribution is -2.30. The van der Waals surface area contributed by atoms with Gasteiger partial charge in [0.1, 0.15) is 6.04 Å². The normalized spacial score (nSPS) is 11.2. The van der Waals surface area contributed by atoms with E-state index in [1.54, 1.807) is 12.5 Å².